The van der Waals surface area contributed by atoms with Crippen LogP contribution in [0.5, 0.6) is 0 Å². The molecule has 0 saturated heterocycles. The van der Waals surface area contributed by atoms with Gasteiger partial charge in [0.1, 0.15) is 0 Å². The zero-order chi connectivity index (χ0) is 19.9. The summed E-state index contributed by atoms with van der Waals surface area (Å²) in [6.45, 7) is 5.99. The Morgan fingerprint density at radius 1 is 0.963 bits per heavy atom. The summed E-state index contributed by atoms with van der Waals surface area (Å²) >= 11 is 0. The quantitative estimate of drug-likeness (QED) is 0.649. The molecule has 0 spiro atoms. The molecular weight excluding hydrogens is 346 g/mol. The minimum atomic E-state index is -0.434. The van der Waals surface area contributed by atoms with E-state index in [1.54, 1.807) is 36.4 Å². The van der Waals surface area contributed by atoms with E-state index >= 15 is 0 Å². The number of anilines is 2. The van der Waals surface area contributed by atoms with Crippen molar-refractivity contribution in [2.75, 3.05) is 17.2 Å². The van der Waals surface area contributed by atoms with Crippen molar-refractivity contribution in [2.45, 2.75) is 33.6 Å². The largest absolute Gasteiger partial charge is 0.459 e. The van der Waals surface area contributed by atoms with E-state index in [1.807, 2.05) is 20.8 Å². The average Bonchev–Trinajstić information content (AvgIpc) is 3.14. The second-order valence-electron chi connectivity index (χ2n) is 7.17. The minimum absolute atomic E-state index is 0.0323. The second kappa shape index (κ2) is 9.02. The van der Waals surface area contributed by atoms with Gasteiger partial charge in [0.05, 0.1) is 6.26 Å². The molecule has 2 aromatic rings. The van der Waals surface area contributed by atoms with E-state index in [4.69, 9.17) is 4.42 Å². The molecule has 0 unspecified atom stereocenters. The van der Waals surface area contributed by atoms with Crippen molar-refractivity contribution in [3.05, 3.63) is 48.4 Å². The van der Waals surface area contributed by atoms with Crippen LogP contribution in [0.1, 0.15) is 44.2 Å². The van der Waals surface area contributed by atoms with Gasteiger partial charge in [-0.05, 0) is 42.8 Å². The van der Waals surface area contributed by atoms with Gasteiger partial charge in [-0.1, -0.05) is 20.8 Å². The molecule has 3 amide bonds. The fraction of sp³-hybridized carbons (Fsp3) is 0.350. The third-order valence-corrected chi connectivity index (χ3v) is 3.72. The van der Waals surface area contributed by atoms with Crippen molar-refractivity contribution in [2.24, 2.45) is 5.41 Å². The summed E-state index contributed by atoms with van der Waals surface area (Å²) in [6.07, 6.45) is 2.30. The molecule has 0 aliphatic rings. The van der Waals surface area contributed by atoms with Crippen molar-refractivity contribution < 1.29 is 18.8 Å². The zero-order valence-corrected chi connectivity index (χ0v) is 15.8. The number of benzene rings is 1. The summed E-state index contributed by atoms with van der Waals surface area (Å²) in [6, 6.07) is 10.0. The summed E-state index contributed by atoms with van der Waals surface area (Å²) in [5, 5.41) is 8.30. The van der Waals surface area contributed by atoms with Gasteiger partial charge in [0.15, 0.2) is 5.76 Å². The number of nitrogens with one attached hydrogen (secondary N) is 3. The van der Waals surface area contributed by atoms with Gasteiger partial charge in [-0.15, -0.1) is 0 Å². The van der Waals surface area contributed by atoms with E-state index in [1.165, 1.54) is 6.26 Å². The van der Waals surface area contributed by atoms with E-state index in [9.17, 15) is 14.4 Å². The van der Waals surface area contributed by atoms with Gasteiger partial charge < -0.3 is 20.4 Å². The van der Waals surface area contributed by atoms with Crippen LogP contribution in [0.4, 0.5) is 11.4 Å². The van der Waals surface area contributed by atoms with Gasteiger partial charge in [-0.2, -0.15) is 0 Å². The molecule has 1 heterocycles. The molecule has 0 atom stereocenters. The molecule has 1 aromatic carbocycles. The number of carbonyl (C=O) groups is 3. The Hall–Kier alpha value is -3.09. The first-order valence-corrected chi connectivity index (χ1v) is 8.79. The highest BCUT2D eigenvalue weighted by Crippen LogP contribution is 2.15. The minimum Gasteiger partial charge on any atom is -0.459 e. The Balaban J connectivity index is 1.73. The number of amides is 3. The fourth-order valence-electron chi connectivity index (χ4n) is 2.18. The van der Waals surface area contributed by atoms with E-state index in [0.29, 0.717) is 30.8 Å². The molecule has 0 fully saturated rings. The topological polar surface area (TPSA) is 100 Å². The van der Waals surface area contributed by atoms with Crippen LogP contribution in [0, 0.1) is 5.41 Å². The zero-order valence-electron chi connectivity index (χ0n) is 15.8. The van der Waals surface area contributed by atoms with Gasteiger partial charge in [0.25, 0.3) is 5.91 Å². The predicted molar refractivity (Wildman–Crippen MR) is 103 cm³/mol. The van der Waals surface area contributed by atoms with E-state index in [2.05, 4.69) is 16.0 Å². The van der Waals surface area contributed by atoms with Crippen LogP contribution in [-0.2, 0) is 9.59 Å². The van der Waals surface area contributed by atoms with Crippen LogP contribution in [0.2, 0.25) is 0 Å². The third kappa shape index (κ3) is 6.62. The molecule has 0 saturated carbocycles. The molecule has 1 aromatic heterocycles. The smallest absolute Gasteiger partial charge is 0.291 e. The van der Waals surface area contributed by atoms with Crippen molar-refractivity contribution >= 4 is 29.1 Å². The number of hydrogen-bond donors (Lipinski definition) is 3. The highest BCUT2D eigenvalue weighted by Gasteiger charge is 2.20. The Morgan fingerprint density at radius 2 is 1.59 bits per heavy atom. The molecule has 0 aliphatic carbocycles. The Morgan fingerprint density at radius 3 is 2.15 bits per heavy atom. The van der Waals surface area contributed by atoms with E-state index in [0.717, 1.165) is 0 Å². The third-order valence-electron chi connectivity index (χ3n) is 3.72. The summed E-state index contributed by atoms with van der Waals surface area (Å²) < 4.78 is 5.03. The maximum Gasteiger partial charge on any atom is 0.291 e. The Bertz CT molecular complexity index is 775. The summed E-state index contributed by atoms with van der Waals surface area (Å²) in [5.74, 6) is -0.275. The summed E-state index contributed by atoms with van der Waals surface area (Å²) in [4.78, 5) is 35.6. The van der Waals surface area contributed by atoms with Crippen molar-refractivity contribution in [3.63, 3.8) is 0 Å². The lowest BCUT2D eigenvalue weighted by Crippen LogP contribution is -2.35. The van der Waals surface area contributed by atoms with Crippen LogP contribution in [0.15, 0.2) is 47.1 Å². The normalized spacial score (nSPS) is 10.9. The van der Waals surface area contributed by atoms with Crippen molar-refractivity contribution in [1.82, 2.24) is 5.32 Å². The Labute approximate surface area is 158 Å². The van der Waals surface area contributed by atoms with Gasteiger partial charge in [-0.25, -0.2) is 0 Å². The fourth-order valence-corrected chi connectivity index (χ4v) is 2.18. The first-order chi connectivity index (χ1) is 12.8. The number of furan rings is 1. The summed E-state index contributed by atoms with van der Waals surface area (Å²) in [5.41, 5.74) is 0.796. The highest BCUT2D eigenvalue weighted by molar-refractivity contribution is 6.02. The first kappa shape index (κ1) is 20.2. The molecule has 7 nitrogen and oxygen atoms in total. The van der Waals surface area contributed by atoms with Gasteiger partial charge in [0, 0.05) is 29.8 Å². The second-order valence-corrected chi connectivity index (χ2v) is 7.17. The number of carbonyl (C=O) groups excluding carboxylic acids is 3. The standard InChI is InChI=1S/C20H25N3O4/c1-20(2,3)19(26)21-12-4-7-17(24)22-14-8-10-15(11-9-14)23-18(25)16-6-5-13-27-16/h5-6,8-11,13H,4,7,12H2,1-3H3,(H,21,26)(H,22,24)(H,23,25). The molecule has 3 N–H and O–H groups in total. The van der Waals surface area contributed by atoms with Crippen LogP contribution in [-0.4, -0.2) is 24.3 Å². The lowest BCUT2D eigenvalue weighted by atomic mass is 9.96. The lowest BCUT2D eigenvalue weighted by molar-refractivity contribution is -0.128. The van der Waals surface area contributed by atoms with Gasteiger partial charge in [-0.3, -0.25) is 14.4 Å². The molecule has 0 aliphatic heterocycles. The molecule has 0 bridgehead atoms. The van der Waals surface area contributed by atoms with Crippen LogP contribution in [0.3, 0.4) is 0 Å². The number of rotatable bonds is 7. The van der Waals surface area contributed by atoms with Crippen LogP contribution < -0.4 is 16.0 Å². The maximum absolute atomic E-state index is 12.0. The van der Waals surface area contributed by atoms with Crippen LogP contribution in [0.25, 0.3) is 0 Å². The number of hydrogen-bond acceptors (Lipinski definition) is 4. The van der Waals surface area contributed by atoms with Gasteiger partial charge in [0.2, 0.25) is 11.8 Å². The van der Waals surface area contributed by atoms with Gasteiger partial charge >= 0.3 is 0 Å². The van der Waals surface area contributed by atoms with E-state index in [-0.39, 0.29) is 23.5 Å². The summed E-state index contributed by atoms with van der Waals surface area (Å²) in [7, 11) is 0. The van der Waals surface area contributed by atoms with Crippen molar-refractivity contribution in [1.29, 1.82) is 0 Å². The predicted octanol–water partition coefficient (Wildman–Crippen LogP) is 3.41. The molecule has 27 heavy (non-hydrogen) atoms. The maximum atomic E-state index is 12.0. The van der Waals surface area contributed by atoms with Crippen molar-refractivity contribution in [3.8, 4) is 0 Å². The molecular formula is C20H25N3O4. The Kier molecular flexibility index (Phi) is 6.76. The average molecular weight is 371 g/mol. The molecule has 7 heteroatoms. The SMILES string of the molecule is CC(C)(C)C(=O)NCCCC(=O)Nc1ccc(NC(=O)c2ccco2)cc1. The highest BCUT2D eigenvalue weighted by atomic mass is 16.3. The first-order valence-electron chi connectivity index (χ1n) is 8.79. The molecule has 144 valence electrons. The molecule has 0 radical (unpaired) electrons. The monoisotopic (exact) mass is 371 g/mol. The molecule has 2 rings (SSSR count). The lowest BCUT2D eigenvalue weighted by Gasteiger charge is -2.17. The van der Waals surface area contributed by atoms with E-state index < -0.39 is 5.41 Å². The van der Waals surface area contributed by atoms with Crippen LogP contribution >= 0.6 is 0 Å².